The lowest BCUT2D eigenvalue weighted by Gasteiger charge is -2.32. The fourth-order valence-electron chi connectivity index (χ4n) is 4.70. The van der Waals surface area contributed by atoms with Crippen LogP contribution in [0.2, 0.25) is 0 Å². The van der Waals surface area contributed by atoms with Crippen molar-refractivity contribution in [2.75, 3.05) is 18.6 Å². The molecule has 41 heavy (non-hydrogen) atoms. The Morgan fingerprint density at radius 3 is 2.49 bits per heavy atom. The minimum atomic E-state index is -1.04. The highest BCUT2D eigenvalue weighted by Gasteiger charge is 2.35. The van der Waals surface area contributed by atoms with E-state index in [1.54, 1.807) is 42.1 Å². The number of carbonyl (C=O) groups is 2. The fraction of sp³-hybridized carbons (Fsp3) is 0.188. The van der Waals surface area contributed by atoms with Crippen molar-refractivity contribution in [3.05, 3.63) is 114 Å². The number of anilines is 1. The van der Waals surface area contributed by atoms with Gasteiger partial charge in [0.05, 0.1) is 24.9 Å². The molecule has 9 nitrogen and oxygen atoms in total. The first kappa shape index (κ1) is 27.4. The lowest BCUT2D eigenvalue weighted by Crippen LogP contribution is -2.45. The molecule has 1 N–H and O–H groups in total. The summed E-state index contributed by atoms with van der Waals surface area (Å²) >= 11 is 0. The molecule has 0 saturated heterocycles. The lowest BCUT2D eigenvalue weighted by atomic mass is 10.0. The molecule has 0 aliphatic heterocycles. The number of nitrogens with one attached hydrogen (secondary N) is 1. The Bertz CT molecular complexity index is 1640. The fourth-order valence-corrected chi connectivity index (χ4v) is 4.70. The van der Waals surface area contributed by atoms with Gasteiger partial charge < -0.3 is 14.8 Å². The van der Waals surface area contributed by atoms with Crippen LogP contribution in [-0.4, -0.2) is 40.5 Å². The van der Waals surface area contributed by atoms with Gasteiger partial charge in [-0.2, -0.15) is 0 Å². The van der Waals surface area contributed by atoms with Crippen molar-refractivity contribution in [1.29, 1.82) is 0 Å². The average molecular weight is 550 g/mol. The van der Waals surface area contributed by atoms with Gasteiger partial charge in [-0.3, -0.25) is 14.5 Å². The van der Waals surface area contributed by atoms with E-state index in [2.05, 4.69) is 15.6 Å². The highest BCUT2D eigenvalue weighted by Crippen LogP contribution is 2.36. The summed E-state index contributed by atoms with van der Waals surface area (Å²) in [7, 11) is 1.56. The smallest absolute Gasteiger partial charge is 0.249 e. The third kappa shape index (κ3) is 6.19. The predicted octanol–water partition coefficient (Wildman–Crippen LogP) is 4.93. The van der Waals surface area contributed by atoms with E-state index in [-0.39, 0.29) is 18.4 Å². The van der Waals surface area contributed by atoms with Crippen LogP contribution in [0.1, 0.15) is 24.1 Å². The Labute approximate surface area is 238 Å². The molecule has 2 amide bonds. The van der Waals surface area contributed by atoms with Gasteiger partial charge in [-0.1, -0.05) is 71.9 Å². The van der Waals surface area contributed by atoms with Crippen molar-refractivity contribution in [3.63, 3.8) is 0 Å². The average Bonchev–Trinajstić information content (AvgIpc) is 3.42. The quantitative estimate of drug-likeness (QED) is 0.251. The van der Waals surface area contributed by atoms with Gasteiger partial charge in [0.15, 0.2) is 0 Å². The number of aromatic nitrogens is 3. The second kappa shape index (κ2) is 12.8. The first-order chi connectivity index (χ1) is 20.1. The van der Waals surface area contributed by atoms with Crippen molar-refractivity contribution in [1.82, 2.24) is 20.3 Å². The van der Waals surface area contributed by atoms with Crippen molar-refractivity contribution in [3.8, 4) is 11.5 Å². The van der Waals surface area contributed by atoms with E-state index in [1.165, 1.54) is 4.90 Å². The van der Waals surface area contributed by atoms with Crippen LogP contribution < -0.4 is 19.7 Å². The van der Waals surface area contributed by atoms with Crippen LogP contribution >= 0.6 is 0 Å². The van der Waals surface area contributed by atoms with E-state index < -0.39 is 6.04 Å². The van der Waals surface area contributed by atoms with E-state index in [9.17, 15) is 9.59 Å². The number of methoxy groups -OCH3 is 1. The zero-order chi connectivity index (χ0) is 28.6. The molecule has 0 saturated carbocycles. The van der Waals surface area contributed by atoms with Gasteiger partial charge in [-0.05, 0) is 54.4 Å². The second-order valence-corrected chi connectivity index (χ2v) is 9.28. The molecule has 0 aliphatic rings. The molecular formula is C32H31N5O4. The molecule has 4 aromatic carbocycles. The Hall–Kier alpha value is -5.18. The number of nitrogens with zero attached hydrogens (tertiary/aromatic N) is 4. The Balaban J connectivity index is 1.61. The highest BCUT2D eigenvalue weighted by molar-refractivity contribution is 6.02. The molecular weight excluding hydrogens is 518 g/mol. The summed E-state index contributed by atoms with van der Waals surface area (Å²) in [6.07, 6.45) is 0. The first-order valence-electron chi connectivity index (χ1n) is 13.4. The second-order valence-electron chi connectivity index (χ2n) is 9.28. The van der Waals surface area contributed by atoms with Gasteiger partial charge in [0.2, 0.25) is 11.8 Å². The molecule has 0 aliphatic carbocycles. The lowest BCUT2D eigenvalue weighted by molar-refractivity contribution is -0.127. The number of carbonyl (C=O) groups excluding carboxylic acids is 2. The monoisotopic (exact) mass is 549 g/mol. The SMILES string of the molecule is CCOc1ccccc1N(C(=O)Cn1nnc2ccccc21)[C@H](C(=O)NCc1ccccc1)c1cccc(OC)c1. The minimum absolute atomic E-state index is 0.145. The molecule has 0 unspecified atom stereocenters. The van der Waals surface area contributed by atoms with Crippen LogP contribution in [0.25, 0.3) is 11.0 Å². The number of rotatable bonds is 11. The molecule has 1 aromatic heterocycles. The van der Waals surface area contributed by atoms with Crippen LogP contribution in [0.4, 0.5) is 5.69 Å². The van der Waals surface area contributed by atoms with Gasteiger partial charge in [-0.25, -0.2) is 4.68 Å². The van der Waals surface area contributed by atoms with E-state index >= 15 is 0 Å². The van der Waals surface area contributed by atoms with Gasteiger partial charge in [0.1, 0.15) is 29.6 Å². The molecule has 0 bridgehead atoms. The summed E-state index contributed by atoms with van der Waals surface area (Å²) in [6.45, 7) is 2.41. The largest absolute Gasteiger partial charge is 0.497 e. The summed E-state index contributed by atoms with van der Waals surface area (Å²) < 4.78 is 12.9. The normalized spacial score (nSPS) is 11.6. The van der Waals surface area contributed by atoms with Crippen molar-refractivity contribution < 1.29 is 19.1 Å². The standard InChI is InChI=1S/C32H31N5O4/c1-3-41-29-19-10-9-18-28(29)37(30(38)22-36-27-17-8-7-16-26(27)34-35-36)31(24-14-11-15-25(20-24)40-2)32(39)33-21-23-12-5-4-6-13-23/h4-20,31H,3,21-22H2,1-2H3,(H,33,39)/t31-/m0/s1. The van der Waals surface area contributed by atoms with Crippen molar-refractivity contribution in [2.24, 2.45) is 0 Å². The van der Waals surface area contributed by atoms with Crippen LogP contribution in [0, 0.1) is 0 Å². The number of hydrogen-bond acceptors (Lipinski definition) is 6. The Morgan fingerprint density at radius 1 is 0.927 bits per heavy atom. The molecule has 9 heteroatoms. The third-order valence-corrected chi connectivity index (χ3v) is 6.62. The number of para-hydroxylation sites is 3. The summed E-state index contributed by atoms with van der Waals surface area (Å²) in [5, 5.41) is 11.4. The topological polar surface area (TPSA) is 98.6 Å². The van der Waals surface area contributed by atoms with Crippen LogP contribution in [0.15, 0.2) is 103 Å². The number of amides is 2. The minimum Gasteiger partial charge on any atom is -0.497 e. The van der Waals surface area contributed by atoms with Crippen molar-refractivity contribution in [2.45, 2.75) is 26.1 Å². The van der Waals surface area contributed by atoms with Gasteiger partial charge in [0, 0.05) is 6.54 Å². The number of fused-ring (bicyclic) bond motifs is 1. The molecule has 0 radical (unpaired) electrons. The molecule has 0 spiro atoms. The summed E-state index contributed by atoms with van der Waals surface area (Å²) in [5.74, 6) is 0.326. The van der Waals surface area contributed by atoms with Crippen LogP contribution in [0.5, 0.6) is 11.5 Å². The molecule has 0 fully saturated rings. The van der Waals surface area contributed by atoms with E-state index in [0.29, 0.717) is 46.9 Å². The zero-order valence-electron chi connectivity index (χ0n) is 22.9. The molecule has 5 rings (SSSR count). The van der Waals surface area contributed by atoms with Gasteiger partial charge in [0.25, 0.3) is 0 Å². The Kier molecular flexibility index (Phi) is 8.54. The van der Waals surface area contributed by atoms with Gasteiger partial charge in [-0.15, -0.1) is 5.10 Å². The van der Waals surface area contributed by atoms with E-state index in [0.717, 1.165) is 5.56 Å². The van der Waals surface area contributed by atoms with E-state index in [4.69, 9.17) is 9.47 Å². The van der Waals surface area contributed by atoms with E-state index in [1.807, 2.05) is 79.7 Å². The van der Waals surface area contributed by atoms with Crippen LogP contribution in [-0.2, 0) is 22.7 Å². The third-order valence-electron chi connectivity index (χ3n) is 6.62. The maximum absolute atomic E-state index is 14.3. The molecule has 5 aromatic rings. The molecule has 1 atom stereocenters. The zero-order valence-corrected chi connectivity index (χ0v) is 22.9. The van der Waals surface area contributed by atoms with Crippen molar-refractivity contribution >= 4 is 28.5 Å². The maximum atomic E-state index is 14.3. The summed E-state index contributed by atoms with van der Waals surface area (Å²) in [5.41, 5.74) is 3.37. The first-order valence-corrected chi connectivity index (χ1v) is 13.4. The number of ether oxygens (including phenoxy) is 2. The highest BCUT2D eigenvalue weighted by atomic mass is 16.5. The maximum Gasteiger partial charge on any atom is 0.249 e. The number of hydrogen-bond donors (Lipinski definition) is 1. The summed E-state index contributed by atoms with van der Waals surface area (Å²) in [4.78, 5) is 29.9. The molecule has 1 heterocycles. The van der Waals surface area contributed by atoms with Gasteiger partial charge >= 0.3 is 0 Å². The number of benzene rings is 4. The molecule has 208 valence electrons. The van der Waals surface area contributed by atoms with Crippen LogP contribution in [0.3, 0.4) is 0 Å². The Morgan fingerprint density at radius 2 is 1.68 bits per heavy atom. The summed E-state index contributed by atoms with van der Waals surface area (Å²) in [6, 6.07) is 30.4. The predicted molar refractivity (Wildman–Crippen MR) is 157 cm³/mol.